The number of aryl methyl sites for hydroxylation is 1. The van der Waals surface area contributed by atoms with Crippen molar-refractivity contribution in [3.63, 3.8) is 0 Å². The highest BCUT2D eigenvalue weighted by molar-refractivity contribution is 5.50. The SMILES string of the molecule is Cc1cc(N2CCN(C=O)CC2)nc(N(Cc2ccccc2)C(C)C)n1. The number of piperazine rings is 1. The van der Waals surface area contributed by atoms with Crippen LogP contribution >= 0.6 is 0 Å². The molecule has 1 fully saturated rings. The van der Waals surface area contributed by atoms with Gasteiger partial charge in [0.25, 0.3) is 0 Å². The van der Waals surface area contributed by atoms with Gasteiger partial charge in [-0.1, -0.05) is 30.3 Å². The van der Waals surface area contributed by atoms with Crippen molar-refractivity contribution in [3.8, 4) is 0 Å². The second-order valence-electron chi connectivity index (χ2n) is 7.00. The molecule has 1 amide bonds. The van der Waals surface area contributed by atoms with Gasteiger partial charge in [0.15, 0.2) is 0 Å². The van der Waals surface area contributed by atoms with Crippen molar-refractivity contribution in [3.05, 3.63) is 47.7 Å². The molecule has 1 aromatic heterocycles. The highest BCUT2D eigenvalue weighted by atomic mass is 16.1. The van der Waals surface area contributed by atoms with Gasteiger partial charge >= 0.3 is 0 Å². The van der Waals surface area contributed by atoms with E-state index in [0.29, 0.717) is 0 Å². The number of carbonyl (C=O) groups excluding carboxylic acids is 1. The Bertz CT molecular complexity index is 726. The Morgan fingerprint density at radius 2 is 1.81 bits per heavy atom. The maximum atomic E-state index is 10.9. The fourth-order valence-corrected chi connectivity index (χ4v) is 3.15. The van der Waals surface area contributed by atoms with E-state index >= 15 is 0 Å². The molecule has 6 nitrogen and oxygen atoms in total. The number of rotatable bonds is 6. The molecule has 0 spiro atoms. The van der Waals surface area contributed by atoms with E-state index in [0.717, 1.165) is 56.6 Å². The number of hydrogen-bond acceptors (Lipinski definition) is 5. The zero-order chi connectivity index (χ0) is 18.5. The number of carbonyl (C=O) groups is 1. The molecule has 2 aromatic rings. The van der Waals surface area contributed by atoms with E-state index in [2.05, 4.69) is 47.9 Å². The molecule has 6 heteroatoms. The molecular formula is C20H27N5O. The first-order valence-electron chi connectivity index (χ1n) is 9.17. The van der Waals surface area contributed by atoms with Gasteiger partial charge in [-0.15, -0.1) is 0 Å². The summed E-state index contributed by atoms with van der Waals surface area (Å²) in [7, 11) is 0. The Kier molecular flexibility index (Phi) is 5.71. The van der Waals surface area contributed by atoms with Crippen LogP contribution < -0.4 is 9.80 Å². The molecule has 0 bridgehead atoms. The zero-order valence-electron chi connectivity index (χ0n) is 15.8. The van der Waals surface area contributed by atoms with Gasteiger partial charge in [-0.2, -0.15) is 4.98 Å². The lowest BCUT2D eigenvalue weighted by Gasteiger charge is -2.34. The molecule has 1 saturated heterocycles. The van der Waals surface area contributed by atoms with Crippen LogP contribution in [0.15, 0.2) is 36.4 Å². The molecule has 0 aliphatic carbocycles. The number of hydrogen-bond donors (Lipinski definition) is 0. The second kappa shape index (κ2) is 8.17. The van der Waals surface area contributed by atoms with Crippen molar-refractivity contribution >= 4 is 18.2 Å². The first-order valence-corrected chi connectivity index (χ1v) is 9.17. The monoisotopic (exact) mass is 353 g/mol. The minimum Gasteiger partial charge on any atom is -0.353 e. The van der Waals surface area contributed by atoms with E-state index in [1.807, 2.05) is 19.1 Å². The minimum atomic E-state index is 0.289. The number of nitrogens with zero attached hydrogens (tertiary/aromatic N) is 5. The predicted molar refractivity (Wildman–Crippen MR) is 104 cm³/mol. The summed E-state index contributed by atoms with van der Waals surface area (Å²) in [5.74, 6) is 1.70. The van der Waals surface area contributed by atoms with Crippen molar-refractivity contribution in [2.75, 3.05) is 36.0 Å². The molecule has 1 aliphatic heterocycles. The normalized spacial score (nSPS) is 14.6. The molecule has 1 aliphatic rings. The topological polar surface area (TPSA) is 52.6 Å². The maximum Gasteiger partial charge on any atom is 0.228 e. The average molecular weight is 353 g/mol. The van der Waals surface area contributed by atoms with Gasteiger partial charge in [0, 0.05) is 50.5 Å². The van der Waals surface area contributed by atoms with Crippen LogP contribution in [0, 0.1) is 6.92 Å². The molecule has 138 valence electrons. The predicted octanol–water partition coefficient (Wildman–Crippen LogP) is 2.48. The van der Waals surface area contributed by atoms with E-state index < -0.39 is 0 Å². The van der Waals surface area contributed by atoms with Crippen LogP contribution in [0.25, 0.3) is 0 Å². The van der Waals surface area contributed by atoms with Gasteiger partial charge in [0.1, 0.15) is 5.82 Å². The van der Waals surface area contributed by atoms with E-state index in [1.54, 1.807) is 4.90 Å². The summed E-state index contributed by atoms with van der Waals surface area (Å²) < 4.78 is 0. The number of anilines is 2. The summed E-state index contributed by atoms with van der Waals surface area (Å²) in [6.45, 7) is 10.2. The summed E-state index contributed by atoms with van der Waals surface area (Å²) in [6.07, 6.45) is 0.925. The third kappa shape index (κ3) is 4.31. The summed E-state index contributed by atoms with van der Waals surface area (Å²) >= 11 is 0. The van der Waals surface area contributed by atoms with Crippen LogP contribution in [0.2, 0.25) is 0 Å². The Labute approximate surface area is 155 Å². The van der Waals surface area contributed by atoms with Crippen molar-refractivity contribution in [2.45, 2.75) is 33.4 Å². The average Bonchev–Trinajstić information content (AvgIpc) is 2.66. The van der Waals surface area contributed by atoms with Crippen LogP contribution in [0.3, 0.4) is 0 Å². The Hall–Kier alpha value is -2.63. The Morgan fingerprint density at radius 1 is 1.12 bits per heavy atom. The second-order valence-corrected chi connectivity index (χ2v) is 7.00. The van der Waals surface area contributed by atoms with E-state index in [4.69, 9.17) is 9.97 Å². The molecule has 26 heavy (non-hydrogen) atoms. The Morgan fingerprint density at radius 3 is 2.42 bits per heavy atom. The Balaban J connectivity index is 1.84. The molecule has 3 rings (SSSR count). The minimum absolute atomic E-state index is 0.289. The highest BCUT2D eigenvalue weighted by Gasteiger charge is 2.20. The first-order chi connectivity index (χ1) is 12.6. The van der Waals surface area contributed by atoms with Crippen LogP contribution in [0.1, 0.15) is 25.1 Å². The zero-order valence-corrected chi connectivity index (χ0v) is 15.8. The van der Waals surface area contributed by atoms with Crippen LogP contribution in [-0.2, 0) is 11.3 Å². The van der Waals surface area contributed by atoms with Gasteiger partial charge in [0.2, 0.25) is 12.4 Å². The van der Waals surface area contributed by atoms with Gasteiger partial charge in [-0.05, 0) is 26.3 Å². The standard InChI is InChI=1S/C20H27N5O/c1-16(2)25(14-18-7-5-4-6-8-18)20-21-17(3)13-19(22-20)24-11-9-23(15-26)10-12-24/h4-8,13,15-16H,9-12,14H2,1-3H3. The summed E-state index contributed by atoms with van der Waals surface area (Å²) in [6, 6.07) is 12.7. The molecular weight excluding hydrogens is 326 g/mol. The summed E-state index contributed by atoms with van der Waals surface area (Å²) in [4.78, 5) is 26.8. The third-order valence-electron chi connectivity index (χ3n) is 4.69. The van der Waals surface area contributed by atoms with Crippen molar-refractivity contribution < 1.29 is 4.79 Å². The van der Waals surface area contributed by atoms with Crippen LogP contribution in [0.4, 0.5) is 11.8 Å². The lowest BCUT2D eigenvalue weighted by Crippen LogP contribution is -2.46. The smallest absolute Gasteiger partial charge is 0.228 e. The first kappa shape index (κ1) is 18.2. The molecule has 0 atom stereocenters. The summed E-state index contributed by atoms with van der Waals surface area (Å²) in [5, 5.41) is 0. The van der Waals surface area contributed by atoms with Gasteiger partial charge in [0.05, 0.1) is 0 Å². The lowest BCUT2D eigenvalue weighted by atomic mass is 10.2. The molecule has 0 N–H and O–H groups in total. The van der Waals surface area contributed by atoms with Gasteiger partial charge in [-0.25, -0.2) is 4.98 Å². The highest BCUT2D eigenvalue weighted by Crippen LogP contribution is 2.22. The van der Waals surface area contributed by atoms with E-state index in [1.165, 1.54) is 5.56 Å². The fraction of sp³-hybridized carbons (Fsp3) is 0.450. The molecule has 0 unspecified atom stereocenters. The van der Waals surface area contributed by atoms with E-state index in [-0.39, 0.29) is 6.04 Å². The van der Waals surface area contributed by atoms with Gasteiger partial charge in [-0.3, -0.25) is 4.79 Å². The van der Waals surface area contributed by atoms with Gasteiger partial charge < -0.3 is 14.7 Å². The van der Waals surface area contributed by atoms with Crippen LogP contribution in [0.5, 0.6) is 0 Å². The quantitative estimate of drug-likeness (QED) is 0.747. The number of aromatic nitrogens is 2. The number of amides is 1. The van der Waals surface area contributed by atoms with Crippen molar-refractivity contribution in [1.29, 1.82) is 0 Å². The largest absolute Gasteiger partial charge is 0.353 e. The van der Waals surface area contributed by atoms with Crippen molar-refractivity contribution in [2.24, 2.45) is 0 Å². The lowest BCUT2D eigenvalue weighted by molar-refractivity contribution is -0.118. The number of benzene rings is 1. The third-order valence-corrected chi connectivity index (χ3v) is 4.69. The fourth-order valence-electron chi connectivity index (χ4n) is 3.15. The molecule has 2 heterocycles. The maximum absolute atomic E-state index is 10.9. The van der Waals surface area contributed by atoms with Crippen molar-refractivity contribution in [1.82, 2.24) is 14.9 Å². The van der Waals surface area contributed by atoms with E-state index in [9.17, 15) is 4.79 Å². The van der Waals surface area contributed by atoms with Crippen LogP contribution in [-0.4, -0.2) is 53.5 Å². The molecule has 0 radical (unpaired) electrons. The summed E-state index contributed by atoms with van der Waals surface area (Å²) in [5.41, 5.74) is 2.20. The molecule has 1 aromatic carbocycles. The molecule has 0 saturated carbocycles.